The highest BCUT2D eigenvalue weighted by molar-refractivity contribution is 6.06. The van der Waals surface area contributed by atoms with E-state index in [1.54, 1.807) is 12.1 Å². The maximum Gasteiger partial charge on any atom is 0.337 e. The molecule has 19 heavy (non-hydrogen) atoms. The quantitative estimate of drug-likeness (QED) is 0.886. The highest BCUT2D eigenvalue weighted by Crippen LogP contribution is 2.18. The molecule has 0 saturated carbocycles. The summed E-state index contributed by atoms with van der Waals surface area (Å²) in [5, 5.41) is 11.3. The largest absolute Gasteiger partial charge is 0.478 e. The molecular weight excluding hydrogens is 251 g/mol. The molecule has 0 aliphatic rings. The number of carbonyl (C=O) groups is 2. The van der Waals surface area contributed by atoms with Gasteiger partial charge in [-0.25, -0.2) is 9.18 Å². The van der Waals surface area contributed by atoms with Crippen molar-refractivity contribution in [3.05, 3.63) is 59.7 Å². The lowest BCUT2D eigenvalue weighted by atomic mass is 10.1. The number of hydrogen-bond donors (Lipinski definition) is 2. The number of amides is 1. The Balaban J connectivity index is 2.31. The zero-order valence-corrected chi connectivity index (χ0v) is 9.63. The van der Waals surface area contributed by atoms with Gasteiger partial charge in [0, 0.05) is 6.20 Å². The number of nitrogens with zero attached hydrogens (tertiary/aromatic N) is 1. The van der Waals surface area contributed by atoms with Crippen LogP contribution in [0.2, 0.25) is 0 Å². The zero-order valence-electron chi connectivity index (χ0n) is 9.63. The number of carboxylic acid groups (broad SMARTS) is 1. The SMILES string of the molecule is O=C(Nc1cc(F)ccc1C(=O)O)c1ccccn1. The molecule has 6 heteroatoms. The van der Waals surface area contributed by atoms with Crippen molar-refractivity contribution in [1.29, 1.82) is 0 Å². The van der Waals surface area contributed by atoms with Crippen molar-refractivity contribution in [3.8, 4) is 0 Å². The first kappa shape index (κ1) is 12.7. The fourth-order valence-electron chi connectivity index (χ4n) is 1.49. The number of rotatable bonds is 3. The summed E-state index contributed by atoms with van der Waals surface area (Å²) in [7, 11) is 0. The lowest BCUT2D eigenvalue weighted by Crippen LogP contribution is -2.16. The van der Waals surface area contributed by atoms with E-state index in [2.05, 4.69) is 10.3 Å². The van der Waals surface area contributed by atoms with Crippen LogP contribution in [0.15, 0.2) is 42.6 Å². The molecule has 0 unspecified atom stereocenters. The first-order valence-corrected chi connectivity index (χ1v) is 5.33. The average Bonchev–Trinajstić information content (AvgIpc) is 2.39. The summed E-state index contributed by atoms with van der Waals surface area (Å²) in [4.78, 5) is 26.6. The number of aromatic carboxylic acids is 1. The second-order valence-electron chi connectivity index (χ2n) is 3.66. The highest BCUT2D eigenvalue weighted by Gasteiger charge is 2.14. The van der Waals surface area contributed by atoms with E-state index in [4.69, 9.17) is 5.11 Å². The number of pyridine rings is 1. The van der Waals surface area contributed by atoms with Crippen molar-refractivity contribution in [3.63, 3.8) is 0 Å². The van der Waals surface area contributed by atoms with Crippen LogP contribution in [0.25, 0.3) is 0 Å². The molecule has 0 saturated heterocycles. The van der Waals surface area contributed by atoms with Crippen molar-refractivity contribution in [2.24, 2.45) is 0 Å². The standard InChI is InChI=1S/C13H9FN2O3/c14-8-4-5-9(13(18)19)11(7-8)16-12(17)10-3-1-2-6-15-10/h1-7H,(H,16,17)(H,18,19). The molecule has 0 spiro atoms. The molecule has 1 amide bonds. The van der Waals surface area contributed by atoms with Crippen molar-refractivity contribution in [2.45, 2.75) is 0 Å². The fourth-order valence-corrected chi connectivity index (χ4v) is 1.49. The summed E-state index contributed by atoms with van der Waals surface area (Å²) in [6.07, 6.45) is 1.43. The topological polar surface area (TPSA) is 79.3 Å². The Morgan fingerprint density at radius 3 is 2.63 bits per heavy atom. The van der Waals surface area contributed by atoms with Gasteiger partial charge in [-0.1, -0.05) is 6.07 Å². The lowest BCUT2D eigenvalue weighted by molar-refractivity contribution is 0.0698. The van der Waals surface area contributed by atoms with E-state index in [0.717, 1.165) is 18.2 Å². The Labute approximate surface area is 107 Å². The normalized spacial score (nSPS) is 9.95. The molecule has 0 fully saturated rings. The third-order valence-corrected chi connectivity index (χ3v) is 2.36. The average molecular weight is 260 g/mol. The van der Waals surface area contributed by atoms with Gasteiger partial charge in [0.1, 0.15) is 11.5 Å². The molecule has 2 aromatic rings. The van der Waals surface area contributed by atoms with Gasteiger partial charge in [0.05, 0.1) is 11.3 Å². The van der Waals surface area contributed by atoms with Crippen molar-refractivity contribution in [1.82, 2.24) is 4.98 Å². The summed E-state index contributed by atoms with van der Waals surface area (Å²) >= 11 is 0. The monoisotopic (exact) mass is 260 g/mol. The van der Waals surface area contributed by atoms with Crippen LogP contribution in [0.4, 0.5) is 10.1 Å². The van der Waals surface area contributed by atoms with E-state index in [9.17, 15) is 14.0 Å². The van der Waals surface area contributed by atoms with Crippen LogP contribution in [-0.2, 0) is 0 Å². The van der Waals surface area contributed by atoms with E-state index >= 15 is 0 Å². The van der Waals surface area contributed by atoms with Crippen LogP contribution in [0.1, 0.15) is 20.8 Å². The minimum atomic E-state index is -1.25. The Morgan fingerprint density at radius 1 is 1.21 bits per heavy atom. The first-order valence-electron chi connectivity index (χ1n) is 5.33. The number of anilines is 1. The van der Waals surface area contributed by atoms with Crippen LogP contribution in [0.5, 0.6) is 0 Å². The Bertz CT molecular complexity index is 629. The molecule has 0 radical (unpaired) electrons. The molecule has 0 aliphatic heterocycles. The van der Waals surface area contributed by atoms with Gasteiger partial charge in [0.15, 0.2) is 0 Å². The Morgan fingerprint density at radius 2 is 2.00 bits per heavy atom. The Kier molecular flexibility index (Phi) is 3.51. The summed E-state index contributed by atoms with van der Waals surface area (Å²) in [5.41, 5.74) is -0.183. The molecule has 5 nitrogen and oxygen atoms in total. The molecule has 0 aliphatic carbocycles. The van der Waals surface area contributed by atoms with Crippen LogP contribution >= 0.6 is 0 Å². The van der Waals surface area contributed by atoms with Gasteiger partial charge in [-0.05, 0) is 30.3 Å². The second-order valence-corrected chi connectivity index (χ2v) is 3.66. The smallest absolute Gasteiger partial charge is 0.337 e. The fraction of sp³-hybridized carbons (Fsp3) is 0. The zero-order chi connectivity index (χ0) is 13.8. The molecule has 0 bridgehead atoms. The van der Waals surface area contributed by atoms with Gasteiger partial charge in [-0.2, -0.15) is 0 Å². The van der Waals surface area contributed by atoms with Gasteiger partial charge in [0.25, 0.3) is 5.91 Å². The third-order valence-electron chi connectivity index (χ3n) is 2.36. The molecule has 96 valence electrons. The summed E-state index contributed by atoms with van der Waals surface area (Å²) in [5.74, 6) is -2.49. The molecule has 2 N–H and O–H groups in total. The number of carboxylic acids is 1. The van der Waals surface area contributed by atoms with E-state index < -0.39 is 17.7 Å². The molecule has 1 aromatic heterocycles. The molecule has 1 heterocycles. The number of hydrogen-bond acceptors (Lipinski definition) is 3. The van der Waals surface area contributed by atoms with E-state index in [1.807, 2.05) is 0 Å². The second kappa shape index (κ2) is 5.26. The predicted octanol–water partition coefficient (Wildman–Crippen LogP) is 2.17. The number of halogens is 1. The molecule has 1 aromatic carbocycles. The van der Waals surface area contributed by atoms with Gasteiger partial charge in [-0.3, -0.25) is 9.78 Å². The van der Waals surface area contributed by atoms with Crippen LogP contribution in [0, 0.1) is 5.82 Å². The molecule has 2 rings (SSSR count). The minimum Gasteiger partial charge on any atom is -0.478 e. The molecule has 0 atom stereocenters. The lowest BCUT2D eigenvalue weighted by Gasteiger charge is -2.08. The van der Waals surface area contributed by atoms with Crippen LogP contribution in [-0.4, -0.2) is 22.0 Å². The van der Waals surface area contributed by atoms with Gasteiger partial charge >= 0.3 is 5.97 Å². The number of benzene rings is 1. The Hall–Kier alpha value is -2.76. The summed E-state index contributed by atoms with van der Waals surface area (Å²) < 4.78 is 13.1. The number of nitrogens with one attached hydrogen (secondary N) is 1. The summed E-state index contributed by atoms with van der Waals surface area (Å²) in [6.45, 7) is 0. The maximum absolute atomic E-state index is 13.1. The summed E-state index contributed by atoms with van der Waals surface area (Å²) in [6, 6.07) is 7.78. The first-order chi connectivity index (χ1) is 9.08. The number of aromatic nitrogens is 1. The highest BCUT2D eigenvalue weighted by atomic mass is 19.1. The third kappa shape index (κ3) is 2.92. The van der Waals surface area contributed by atoms with Gasteiger partial charge < -0.3 is 10.4 Å². The van der Waals surface area contributed by atoms with E-state index in [0.29, 0.717) is 0 Å². The van der Waals surface area contributed by atoms with Crippen LogP contribution < -0.4 is 5.32 Å². The van der Waals surface area contributed by atoms with Gasteiger partial charge in [-0.15, -0.1) is 0 Å². The van der Waals surface area contributed by atoms with Crippen molar-refractivity contribution in [2.75, 3.05) is 5.32 Å². The predicted molar refractivity (Wildman–Crippen MR) is 65.5 cm³/mol. The maximum atomic E-state index is 13.1. The van der Waals surface area contributed by atoms with Gasteiger partial charge in [0.2, 0.25) is 0 Å². The molecular formula is C13H9FN2O3. The van der Waals surface area contributed by atoms with Crippen LogP contribution in [0.3, 0.4) is 0 Å². The minimum absolute atomic E-state index is 0.108. The van der Waals surface area contributed by atoms with Crippen molar-refractivity contribution < 1.29 is 19.1 Å². The van der Waals surface area contributed by atoms with E-state index in [-0.39, 0.29) is 16.9 Å². The number of carbonyl (C=O) groups excluding carboxylic acids is 1. The van der Waals surface area contributed by atoms with E-state index in [1.165, 1.54) is 12.3 Å². The van der Waals surface area contributed by atoms with Crippen molar-refractivity contribution >= 4 is 17.6 Å².